The minimum atomic E-state index is -0.0252. The summed E-state index contributed by atoms with van der Waals surface area (Å²) >= 11 is 0. The van der Waals surface area contributed by atoms with Gasteiger partial charge in [0.1, 0.15) is 0 Å². The molecule has 0 radical (unpaired) electrons. The van der Waals surface area contributed by atoms with Gasteiger partial charge in [0.15, 0.2) is 0 Å². The molecule has 1 N–H and O–H groups in total. The molecule has 0 aromatic heterocycles. The van der Waals surface area contributed by atoms with Crippen molar-refractivity contribution in [2.75, 3.05) is 19.7 Å². The number of carbonyl (C=O) groups excluding carboxylic acids is 2. The van der Waals surface area contributed by atoms with Gasteiger partial charge in [-0.25, -0.2) is 0 Å². The van der Waals surface area contributed by atoms with Gasteiger partial charge in [0, 0.05) is 19.6 Å². The number of rotatable bonds is 2. The predicted octanol–water partition coefficient (Wildman–Crippen LogP) is -0.0976. The Kier molecular flexibility index (Phi) is 2.78. The van der Waals surface area contributed by atoms with Gasteiger partial charge in [-0.1, -0.05) is 0 Å². The van der Waals surface area contributed by atoms with Crippen LogP contribution in [0.15, 0.2) is 0 Å². The normalized spacial score (nSPS) is 34.7. The molecule has 2 atom stereocenters. The third-order valence-corrected chi connectivity index (χ3v) is 3.93. The van der Waals surface area contributed by atoms with Crippen molar-refractivity contribution in [2.45, 2.75) is 37.8 Å². The van der Waals surface area contributed by atoms with Crippen LogP contribution < -0.4 is 5.32 Å². The van der Waals surface area contributed by atoms with Crippen LogP contribution in [0, 0.1) is 5.92 Å². The first kappa shape index (κ1) is 11.0. The average molecular weight is 238 g/mol. The van der Waals surface area contributed by atoms with Gasteiger partial charge in [-0.15, -0.1) is 0 Å². The van der Waals surface area contributed by atoms with Crippen molar-refractivity contribution in [1.82, 2.24) is 10.2 Å². The van der Waals surface area contributed by atoms with E-state index in [-0.39, 0.29) is 30.5 Å². The lowest BCUT2D eigenvalue weighted by molar-refractivity contribution is -0.133. The molecule has 2 aliphatic heterocycles. The van der Waals surface area contributed by atoms with E-state index in [1.807, 2.05) is 4.90 Å². The first-order valence-electron chi connectivity index (χ1n) is 6.43. The second kappa shape index (κ2) is 4.29. The Hall–Kier alpha value is -1.10. The first-order valence-corrected chi connectivity index (χ1v) is 6.43. The highest BCUT2D eigenvalue weighted by Gasteiger charge is 2.44. The summed E-state index contributed by atoms with van der Waals surface area (Å²) in [5.41, 5.74) is 0. The van der Waals surface area contributed by atoms with Crippen LogP contribution >= 0.6 is 0 Å². The van der Waals surface area contributed by atoms with Gasteiger partial charge in [0.2, 0.25) is 11.8 Å². The molecular formula is C12H18N2O3. The molecule has 0 aromatic rings. The van der Waals surface area contributed by atoms with Gasteiger partial charge in [0.05, 0.1) is 18.7 Å². The summed E-state index contributed by atoms with van der Waals surface area (Å²) in [5.74, 6) is 0.655. The fourth-order valence-electron chi connectivity index (χ4n) is 2.87. The van der Waals surface area contributed by atoms with E-state index in [9.17, 15) is 9.59 Å². The van der Waals surface area contributed by atoms with Gasteiger partial charge < -0.3 is 15.0 Å². The van der Waals surface area contributed by atoms with Crippen LogP contribution in [0.1, 0.15) is 25.7 Å². The Labute approximate surface area is 100 Å². The lowest BCUT2D eigenvalue weighted by atomic mass is 10.0. The standard InChI is InChI=1S/C12H18N2O3/c15-10-3-5-14(11(16)7-13-10)9-4-6-17-12(9)8-1-2-8/h8-9,12H,1-7H2,(H,13,15). The zero-order valence-corrected chi connectivity index (χ0v) is 9.85. The van der Waals surface area contributed by atoms with Crippen molar-refractivity contribution in [3.8, 4) is 0 Å². The summed E-state index contributed by atoms with van der Waals surface area (Å²) in [6.07, 6.45) is 3.99. The third kappa shape index (κ3) is 2.16. The zero-order valence-electron chi connectivity index (χ0n) is 9.85. The number of hydrogen-bond donors (Lipinski definition) is 1. The summed E-state index contributed by atoms with van der Waals surface area (Å²) in [5, 5.41) is 2.64. The van der Waals surface area contributed by atoms with Crippen molar-refractivity contribution in [3.05, 3.63) is 0 Å². The number of nitrogens with one attached hydrogen (secondary N) is 1. The average Bonchev–Trinajstić information content (AvgIpc) is 3.08. The van der Waals surface area contributed by atoms with Crippen LogP contribution in [0.4, 0.5) is 0 Å². The van der Waals surface area contributed by atoms with Gasteiger partial charge in [-0.2, -0.15) is 0 Å². The van der Waals surface area contributed by atoms with Crippen LogP contribution in [-0.2, 0) is 14.3 Å². The number of ether oxygens (including phenoxy) is 1. The Balaban J connectivity index is 1.72. The maximum Gasteiger partial charge on any atom is 0.242 e. The topological polar surface area (TPSA) is 58.6 Å². The molecule has 0 aromatic carbocycles. The van der Waals surface area contributed by atoms with Crippen molar-refractivity contribution in [2.24, 2.45) is 5.92 Å². The smallest absolute Gasteiger partial charge is 0.242 e. The highest BCUT2D eigenvalue weighted by Crippen LogP contribution is 2.40. The zero-order chi connectivity index (χ0) is 11.8. The highest BCUT2D eigenvalue weighted by atomic mass is 16.5. The Bertz CT molecular complexity index is 341. The van der Waals surface area contributed by atoms with Crippen molar-refractivity contribution >= 4 is 11.8 Å². The van der Waals surface area contributed by atoms with Crippen LogP contribution in [-0.4, -0.2) is 48.6 Å². The monoisotopic (exact) mass is 238 g/mol. The molecule has 2 unspecified atom stereocenters. The largest absolute Gasteiger partial charge is 0.376 e. The molecule has 0 spiro atoms. The fraction of sp³-hybridized carbons (Fsp3) is 0.833. The molecule has 5 heteroatoms. The summed E-state index contributed by atoms with van der Waals surface area (Å²) in [6.45, 7) is 1.44. The first-order chi connectivity index (χ1) is 8.25. The van der Waals surface area contributed by atoms with Crippen LogP contribution in [0.3, 0.4) is 0 Å². The minimum Gasteiger partial charge on any atom is -0.376 e. The Morgan fingerprint density at radius 3 is 2.82 bits per heavy atom. The molecule has 3 aliphatic rings. The van der Waals surface area contributed by atoms with E-state index in [2.05, 4.69) is 5.32 Å². The minimum absolute atomic E-state index is 0.0252. The molecule has 1 saturated carbocycles. The van der Waals surface area contributed by atoms with Crippen molar-refractivity contribution in [3.63, 3.8) is 0 Å². The molecule has 0 bridgehead atoms. The summed E-state index contributed by atoms with van der Waals surface area (Å²) in [7, 11) is 0. The molecule has 94 valence electrons. The van der Waals surface area contributed by atoms with Crippen LogP contribution in [0.25, 0.3) is 0 Å². The summed E-state index contributed by atoms with van der Waals surface area (Å²) < 4.78 is 5.76. The molecule has 5 nitrogen and oxygen atoms in total. The molecule has 3 fully saturated rings. The second-order valence-electron chi connectivity index (χ2n) is 5.14. The highest BCUT2D eigenvalue weighted by molar-refractivity contribution is 5.87. The van der Waals surface area contributed by atoms with E-state index in [0.29, 0.717) is 18.9 Å². The SMILES string of the molecule is O=C1CCN(C2CCOC2C2CC2)C(=O)CN1. The van der Waals surface area contributed by atoms with E-state index in [4.69, 9.17) is 4.74 Å². The molecule has 2 amide bonds. The Morgan fingerprint density at radius 2 is 2.06 bits per heavy atom. The van der Waals surface area contributed by atoms with E-state index < -0.39 is 0 Å². The molecular weight excluding hydrogens is 220 g/mol. The van der Waals surface area contributed by atoms with Gasteiger partial charge in [-0.05, 0) is 25.2 Å². The van der Waals surface area contributed by atoms with Crippen molar-refractivity contribution in [1.29, 1.82) is 0 Å². The second-order valence-corrected chi connectivity index (χ2v) is 5.14. The van der Waals surface area contributed by atoms with Gasteiger partial charge in [0.25, 0.3) is 0 Å². The van der Waals surface area contributed by atoms with E-state index in [1.165, 1.54) is 12.8 Å². The molecule has 1 aliphatic carbocycles. The number of hydrogen-bond acceptors (Lipinski definition) is 3. The molecule has 17 heavy (non-hydrogen) atoms. The lowest BCUT2D eigenvalue weighted by Crippen LogP contribution is -2.47. The third-order valence-electron chi connectivity index (χ3n) is 3.93. The predicted molar refractivity (Wildman–Crippen MR) is 60.2 cm³/mol. The van der Waals surface area contributed by atoms with Crippen LogP contribution in [0.2, 0.25) is 0 Å². The maximum atomic E-state index is 12.0. The molecule has 3 rings (SSSR count). The van der Waals surface area contributed by atoms with E-state index in [0.717, 1.165) is 13.0 Å². The van der Waals surface area contributed by atoms with Gasteiger partial charge in [-0.3, -0.25) is 9.59 Å². The van der Waals surface area contributed by atoms with Crippen molar-refractivity contribution < 1.29 is 14.3 Å². The molecule has 2 heterocycles. The maximum absolute atomic E-state index is 12.0. The Morgan fingerprint density at radius 1 is 1.24 bits per heavy atom. The van der Waals surface area contributed by atoms with Gasteiger partial charge >= 0.3 is 0 Å². The number of carbonyl (C=O) groups is 2. The quantitative estimate of drug-likeness (QED) is 0.731. The van der Waals surface area contributed by atoms with E-state index in [1.54, 1.807) is 0 Å². The summed E-state index contributed by atoms with van der Waals surface area (Å²) in [4.78, 5) is 25.2. The van der Waals surface area contributed by atoms with E-state index >= 15 is 0 Å². The fourth-order valence-corrected chi connectivity index (χ4v) is 2.87. The number of amides is 2. The number of nitrogens with zero attached hydrogens (tertiary/aromatic N) is 1. The van der Waals surface area contributed by atoms with Crippen LogP contribution in [0.5, 0.6) is 0 Å². The summed E-state index contributed by atoms with van der Waals surface area (Å²) in [6, 6.07) is 0.197. The molecule has 2 saturated heterocycles. The lowest BCUT2D eigenvalue weighted by Gasteiger charge is -2.30.